The van der Waals surface area contributed by atoms with Crippen molar-refractivity contribution in [2.45, 2.75) is 59.3 Å². The Morgan fingerprint density at radius 3 is 2.41 bits per heavy atom. The Bertz CT molecular complexity index is 223. The molecular weight excluding hydrogens is 210 g/mol. The average Bonchev–Trinajstić information content (AvgIpc) is 2.61. The number of likely N-dealkylation sites (tertiary alicyclic amines) is 1. The van der Waals surface area contributed by atoms with Crippen LogP contribution in [0, 0.1) is 11.3 Å². The van der Waals surface area contributed by atoms with Crippen molar-refractivity contribution in [2.75, 3.05) is 19.6 Å². The van der Waals surface area contributed by atoms with Crippen molar-refractivity contribution in [3.05, 3.63) is 0 Å². The van der Waals surface area contributed by atoms with Gasteiger partial charge in [-0.1, -0.05) is 27.2 Å². The van der Waals surface area contributed by atoms with Crippen molar-refractivity contribution < 1.29 is 4.79 Å². The molecule has 2 nitrogen and oxygen atoms in total. The van der Waals surface area contributed by atoms with Crippen molar-refractivity contribution in [1.29, 1.82) is 0 Å². The highest BCUT2D eigenvalue weighted by Gasteiger charge is 2.29. The SMILES string of the molecule is CCC1CCCN(CC(C=O)(CC)CC)CC1. The molecule has 0 aliphatic carbocycles. The monoisotopic (exact) mass is 239 g/mol. The lowest BCUT2D eigenvalue weighted by atomic mass is 9.83. The molecule has 0 N–H and O–H groups in total. The summed E-state index contributed by atoms with van der Waals surface area (Å²) in [6, 6.07) is 0. The maximum atomic E-state index is 11.3. The summed E-state index contributed by atoms with van der Waals surface area (Å²) in [5, 5.41) is 0. The second-order valence-corrected chi connectivity index (χ2v) is 5.67. The molecule has 1 rings (SSSR count). The van der Waals surface area contributed by atoms with Gasteiger partial charge in [-0.3, -0.25) is 0 Å². The fourth-order valence-corrected chi connectivity index (χ4v) is 2.91. The first-order chi connectivity index (χ1) is 8.19. The summed E-state index contributed by atoms with van der Waals surface area (Å²) in [4.78, 5) is 13.9. The molecule has 0 aromatic rings. The number of nitrogens with zero attached hydrogens (tertiary/aromatic N) is 1. The van der Waals surface area contributed by atoms with Gasteiger partial charge in [-0.05, 0) is 51.1 Å². The van der Waals surface area contributed by atoms with Gasteiger partial charge in [0.05, 0.1) is 0 Å². The van der Waals surface area contributed by atoms with Crippen LogP contribution in [0.15, 0.2) is 0 Å². The molecule has 1 aliphatic rings. The average molecular weight is 239 g/mol. The summed E-state index contributed by atoms with van der Waals surface area (Å²) in [5.41, 5.74) is -0.0912. The van der Waals surface area contributed by atoms with Crippen LogP contribution in [0.3, 0.4) is 0 Å². The molecule has 1 aliphatic heterocycles. The van der Waals surface area contributed by atoms with E-state index in [1.807, 2.05) is 0 Å². The van der Waals surface area contributed by atoms with Crippen LogP contribution in [0.1, 0.15) is 59.3 Å². The van der Waals surface area contributed by atoms with E-state index in [2.05, 4.69) is 25.7 Å². The van der Waals surface area contributed by atoms with E-state index in [1.54, 1.807) is 0 Å². The summed E-state index contributed by atoms with van der Waals surface area (Å²) < 4.78 is 0. The number of carbonyl (C=O) groups excluding carboxylic acids is 1. The second kappa shape index (κ2) is 7.15. The molecule has 1 atom stereocenters. The number of aldehydes is 1. The van der Waals surface area contributed by atoms with Crippen LogP contribution in [0.4, 0.5) is 0 Å². The Labute approximate surface area is 107 Å². The van der Waals surface area contributed by atoms with Crippen LogP contribution in [0.2, 0.25) is 0 Å². The van der Waals surface area contributed by atoms with E-state index in [1.165, 1.54) is 45.1 Å². The minimum absolute atomic E-state index is 0.0912. The topological polar surface area (TPSA) is 20.3 Å². The van der Waals surface area contributed by atoms with Crippen LogP contribution in [0.5, 0.6) is 0 Å². The zero-order chi connectivity index (χ0) is 12.7. The number of hydrogen-bond donors (Lipinski definition) is 0. The van der Waals surface area contributed by atoms with Gasteiger partial charge in [0.15, 0.2) is 0 Å². The molecule has 1 fully saturated rings. The Morgan fingerprint density at radius 1 is 1.18 bits per heavy atom. The minimum atomic E-state index is -0.0912. The van der Waals surface area contributed by atoms with E-state index in [0.717, 1.165) is 25.3 Å². The van der Waals surface area contributed by atoms with Crippen molar-refractivity contribution in [3.63, 3.8) is 0 Å². The van der Waals surface area contributed by atoms with Crippen molar-refractivity contribution in [2.24, 2.45) is 11.3 Å². The highest BCUT2D eigenvalue weighted by Crippen LogP contribution is 2.27. The van der Waals surface area contributed by atoms with Gasteiger partial charge in [0.25, 0.3) is 0 Å². The van der Waals surface area contributed by atoms with Gasteiger partial charge in [0, 0.05) is 12.0 Å². The third-order valence-electron chi connectivity index (χ3n) is 4.71. The van der Waals surface area contributed by atoms with E-state index in [9.17, 15) is 4.79 Å². The lowest BCUT2D eigenvalue weighted by Gasteiger charge is -2.32. The number of hydrogen-bond acceptors (Lipinski definition) is 2. The van der Waals surface area contributed by atoms with E-state index >= 15 is 0 Å². The molecule has 2 heteroatoms. The summed E-state index contributed by atoms with van der Waals surface area (Å²) in [6.07, 6.45) is 8.46. The molecule has 1 unspecified atom stereocenters. The molecule has 0 aromatic heterocycles. The second-order valence-electron chi connectivity index (χ2n) is 5.67. The summed E-state index contributed by atoms with van der Waals surface area (Å²) in [7, 11) is 0. The van der Waals surface area contributed by atoms with Gasteiger partial charge < -0.3 is 9.69 Å². The van der Waals surface area contributed by atoms with E-state index in [-0.39, 0.29) is 5.41 Å². The largest absolute Gasteiger partial charge is 0.303 e. The van der Waals surface area contributed by atoms with Crippen LogP contribution >= 0.6 is 0 Å². The Morgan fingerprint density at radius 2 is 1.88 bits per heavy atom. The van der Waals surface area contributed by atoms with Gasteiger partial charge in [-0.15, -0.1) is 0 Å². The quantitative estimate of drug-likeness (QED) is 0.661. The highest BCUT2D eigenvalue weighted by atomic mass is 16.1. The predicted molar refractivity (Wildman–Crippen MR) is 73.2 cm³/mol. The zero-order valence-corrected chi connectivity index (χ0v) is 11.9. The summed E-state index contributed by atoms with van der Waals surface area (Å²) in [6.45, 7) is 9.93. The third kappa shape index (κ3) is 4.09. The highest BCUT2D eigenvalue weighted by molar-refractivity contribution is 5.59. The smallest absolute Gasteiger partial charge is 0.127 e. The van der Waals surface area contributed by atoms with Gasteiger partial charge in [0.2, 0.25) is 0 Å². The fourth-order valence-electron chi connectivity index (χ4n) is 2.91. The molecule has 0 amide bonds. The Hall–Kier alpha value is -0.370. The van der Waals surface area contributed by atoms with E-state index in [0.29, 0.717) is 0 Å². The van der Waals surface area contributed by atoms with Crippen molar-refractivity contribution >= 4 is 6.29 Å². The first-order valence-electron chi connectivity index (χ1n) is 7.38. The van der Waals surface area contributed by atoms with Crippen LogP contribution in [-0.4, -0.2) is 30.8 Å². The molecule has 100 valence electrons. The predicted octanol–water partition coefficient (Wildman–Crippen LogP) is 3.50. The van der Waals surface area contributed by atoms with Gasteiger partial charge in [-0.25, -0.2) is 0 Å². The molecule has 1 saturated heterocycles. The van der Waals surface area contributed by atoms with Crippen LogP contribution in [0.25, 0.3) is 0 Å². The van der Waals surface area contributed by atoms with Crippen molar-refractivity contribution in [3.8, 4) is 0 Å². The Balaban J connectivity index is 2.52. The van der Waals surface area contributed by atoms with Crippen LogP contribution < -0.4 is 0 Å². The molecule has 0 radical (unpaired) electrons. The normalized spacial score (nSPS) is 23.4. The minimum Gasteiger partial charge on any atom is -0.303 e. The van der Waals surface area contributed by atoms with Gasteiger partial charge in [0.1, 0.15) is 6.29 Å². The summed E-state index contributed by atoms with van der Waals surface area (Å²) in [5.74, 6) is 0.911. The van der Waals surface area contributed by atoms with Crippen molar-refractivity contribution in [1.82, 2.24) is 4.90 Å². The first kappa shape index (κ1) is 14.7. The molecular formula is C15H29NO. The maximum Gasteiger partial charge on any atom is 0.127 e. The molecule has 0 bridgehead atoms. The molecule has 1 heterocycles. The Kier molecular flexibility index (Phi) is 6.18. The molecule has 17 heavy (non-hydrogen) atoms. The zero-order valence-electron chi connectivity index (χ0n) is 11.9. The van der Waals surface area contributed by atoms with E-state index in [4.69, 9.17) is 0 Å². The molecule has 0 aromatic carbocycles. The maximum absolute atomic E-state index is 11.3. The first-order valence-corrected chi connectivity index (χ1v) is 7.38. The lowest BCUT2D eigenvalue weighted by molar-refractivity contribution is -0.117. The van der Waals surface area contributed by atoms with E-state index < -0.39 is 0 Å². The number of rotatable bonds is 6. The lowest BCUT2D eigenvalue weighted by Crippen LogP contribution is -2.39. The molecule has 0 saturated carbocycles. The standard InChI is InChI=1S/C15H29NO/c1-4-14-8-7-10-16(11-9-14)12-15(5-2,6-3)13-17/h13-14H,4-12H2,1-3H3. The number of carbonyl (C=O) groups is 1. The van der Waals surface area contributed by atoms with Gasteiger partial charge in [-0.2, -0.15) is 0 Å². The summed E-state index contributed by atoms with van der Waals surface area (Å²) >= 11 is 0. The fraction of sp³-hybridized carbons (Fsp3) is 0.933. The molecule has 0 spiro atoms. The third-order valence-corrected chi connectivity index (χ3v) is 4.71. The van der Waals surface area contributed by atoms with Crippen LogP contribution in [-0.2, 0) is 4.79 Å². The van der Waals surface area contributed by atoms with Gasteiger partial charge >= 0.3 is 0 Å².